The van der Waals surface area contributed by atoms with Crippen molar-refractivity contribution in [3.8, 4) is 11.5 Å². The third kappa shape index (κ3) is 7.90. The van der Waals surface area contributed by atoms with Crippen molar-refractivity contribution in [3.63, 3.8) is 0 Å². The van der Waals surface area contributed by atoms with E-state index in [4.69, 9.17) is 33.2 Å². The number of esters is 4. The van der Waals surface area contributed by atoms with Gasteiger partial charge in [-0.3, -0.25) is 4.79 Å². The van der Waals surface area contributed by atoms with Gasteiger partial charge < -0.3 is 37.9 Å². The van der Waals surface area contributed by atoms with Gasteiger partial charge in [-0.25, -0.2) is 19.2 Å². The molecule has 0 radical (unpaired) electrons. The molecule has 4 rings (SSSR count). The fraction of sp³-hybridized carbons (Fsp3) is 0.321. The summed E-state index contributed by atoms with van der Waals surface area (Å²) in [6.45, 7) is 4.43. The summed E-state index contributed by atoms with van der Waals surface area (Å²) < 4.78 is 41.7. The molecule has 0 aromatic heterocycles. The van der Waals surface area contributed by atoms with E-state index in [2.05, 4.69) is 11.3 Å². The second-order valence-electron chi connectivity index (χ2n) is 8.70. The van der Waals surface area contributed by atoms with Crippen molar-refractivity contribution in [2.75, 3.05) is 26.4 Å². The lowest BCUT2D eigenvalue weighted by Crippen LogP contribution is -2.35. The second kappa shape index (κ2) is 13.5. The minimum Gasteiger partial charge on any atom is -0.459 e. The minimum atomic E-state index is -1.02. The summed E-state index contributed by atoms with van der Waals surface area (Å²) >= 11 is 0. The highest BCUT2D eigenvalue weighted by Gasteiger charge is 2.51. The molecular formula is C28H26O13. The molecular weight excluding hydrogens is 544 g/mol. The smallest absolute Gasteiger partial charge is 0.459 e. The molecule has 0 N–H and O–H groups in total. The van der Waals surface area contributed by atoms with Crippen molar-refractivity contribution in [1.29, 1.82) is 0 Å². The average Bonchev–Trinajstić information content (AvgIpc) is 3.54. The fourth-order valence-corrected chi connectivity index (χ4v) is 3.99. The van der Waals surface area contributed by atoms with Gasteiger partial charge in [-0.15, -0.1) is 0 Å². The first kappa shape index (κ1) is 29.2. The number of benzene rings is 2. The second-order valence-corrected chi connectivity index (χ2v) is 8.70. The molecule has 0 bridgehead atoms. The summed E-state index contributed by atoms with van der Waals surface area (Å²) in [4.78, 5) is 59.0. The van der Waals surface area contributed by atoms with Crippen LogP contribution in [0.25, 0.3) is 0 Å². The van der Waals surface area contributed by atoms with E-state index in [1.807, 2.05) is 0 Å². The molecule has 2 aliphatic heterocycles. The standard InChI is InChI=1S/C28H26O13/c1-3-23(30)34-12-13-35-28(33)40-20-10-6-17(7-11-20)26(31)39-19-8-4-18(5-9-19)27(32)41-22-15-37-24-21(38-16(2)29)14-36-25(22)24/h3-11,21-22,24-25H,1,12-15H2,2H3/t21-,22+,24+,25+/m0/s1. The van der Waals surface area contributed by atoms with Crippen molar-refractivity contribution in [2.24, 2.45) is 0 Å². The highest BCUT2D eigenvalue weighted by Crippen LogP contribution is 2.31. The Labute approximate surface area is 233 Å². The van der Waals surface area contributed by atoms with Gasteiger partial charge in [0.2, 0.25) is 0 Å². The van der Waals surface area contributed by atoms with Gasteiger partial charge in [0, 0.05) is 13.0 Å². The Bertz CT molecular complexity index is 1290. The van der Waals surface area contributed by atoms with Crippen LogP contribution in [0.2, 0.25) is 0 Å². The van der Waals surface area contributed by atoms with Gasteiger partial charge in [0.1, 0.15) is 36.9 Å². The van der Waals surface area contributed by atoms with Gasteiger partial charge in [0.15, 0.2) is 12.2 Å². The van der Waals surface area contributed by atoms with Gasteiger partial charge in [-0.2, -0.15) is 0 Å². The molecule has 13 nitrogen and oxygen atoms in total. The van der Waals surface area contributed by atoms with Crippen LogP contribution in [0.1, 0.15) is 27.6 Å². The van der Waals surface area contributed by atoms with Crippen LogP contribution in [0.4, 0.5) is 4.79 Å². The largest absolute Gasteiger partial charge is 0.513 e. The van der Waals surface area contributed by atoms with E-state index >= 15 is 0 Å². The van der Waals surface area contributed by atoms with Crippen LogP contribution in [0.3, 0.4) is 0 Å². The maximum absolute atomic E-state index is 12.6. The van der Waals surface area contributed by atoms with Crippen LogP contribution in [0, 0.1) is 0 Å². The topological polar surface area (TPSA) is 159 Å². The molecule has 0 unspecified atom stereocenters. The summed E-state index contributed by atoms with van der Waals surface area (Å²) in [5, 5.41) is 0. The Morgan fingerprint density at radius 2 is 1.27 bits per heavy atom. The van der Waals surface area contributed by atoms with Crippen LogP contribution in [0.15, 0.2) is 61.2 Å². The molecule has 2 heterocycles. The van der Waals surface area contributed by atoms with Crippen LogP contribution in [-0.2, 0) is 38.0 Å². The third-order valence-corrected chi connectivity index (χ3v) is 5.84. The summed E-state index contributed by atoms with van der Waals surface area (Å²) in [6, 6.07) is 11.3. The molecule has 2 aromatic rings. The van der Waals surface area contributed by atoms with E-state index in [0.717, 1.165) is 6.08 Å². The zero-order valence-corrected chi connectivity index (χ0v) is 21.8. The van der Waals surface area contributed by atoms with Crippen LogP contribution < -0.4 is 9.47 Å². The summed E-state index contributed by atoms with van der Waals surface area (Å²) in [5.41, 5.74) is 0.389. The van der Waals surface area contributed by atoms with Gasteiger partial charge >= 0.3 is 30.0 Å². The minimum absolute atomic E-state index is 0.104. The lowest BCUT2D eigenvalue weighted by Gasteiger charge is -2.17. The molecule has 41 heavy (non-hydrogen) atoms. The Kier molecular flexibility index (Phi) is 9.66. The molecule has 2 aromatic carbocycles. The molecule has 2 saturated heterocycles. The van der Waals surface area contributed by atoms with E-state index in [9.17, 15) is 24.0 Å². The lowest BCUT2D eigenvalue weighted by molar-refractivity contribution is -0.151. The number of fused-ring (bicyclic) bond motifs is 1. The highest BCUT2D eigenvalue weighted by atomic mass is 16.7. The van der Waals surface area contributed by atoms with Gasteiger partial charge in [0.05, 0.1) is 24.3 Å². The number of hydrogen-bond donors (Lipinski definition) is 0. The van der Waals surface area contributed by atoms with E-state index in [0.29, 0.717) is 0 Å². The van der Waals surface area contributed by atoms with Crippen LogP contribution >= 0.6 is 0 Å². The zero-order valence-electron chi connectivity index (χ0n) is 21.8. The number of carbonyl (C=O) groups excluding carboxylic acids is 5. The van der Waals surface area contributed by atoms with Crippen molar-refractivity contribution in [1.82, 2.24) is 0 Å². The zero-order chi connectivity index (χ0) is 29.4. The summed E-state index contributed by atoms with van der Waals surface area (Å²) in [5.74, 6) is -2.11. The van der Waals surface area contributed by atoms with E-state index < -0.39 is 54.4 Å². The predicted molar refractivity (Wildman–Crippen MR) is 135 cm³/mol. The quantitative estimate of drug-likeness (QED) is 0.102. The molecule has 0 aliphatic carbocycles. The maximum atomic E-state index is 12.6. The van der Waals surface area contributed by atoms with Gasteiger partial charge in [-0.1, -0.05) is 6.58 Å². The van der Waals surface area contributed by atoms with Crippen LogP contribution in [-0.4, -0.2) is 80.9 Å². The Morgan fingerprint density at radius 3 is 1.83 bits per heavy atom. The number of rotatable bonds is 10. The first-order valence-corrected chi connectivity index (χ1v) is 12.4. The molecule has 0 amide bonds. The fourth-order valence-electron chi connectivity index (χ4n) is 3.99. The number of ether oxygens (including phenoxy) is 8. The molecule has 0 saturated carbocycles. The molecule has 2 aliphatic rings. The van der Waals surface area contributed by atoms with E-state index in [1.54, 1.807) is 0 Å². The summed E-state index contributed by atoms with van der Waals surface area (Å²) in [7, 11) is 0. The summed E-state index contributed by atoms with van der Waals surface area (Å²) in [6.07, 6.45) is -2.30. The SMILES string of the molecule is C=CC(=O)OCCOC(=O)Oc1ccc(C(=O)Oc2ccc(C(=O)O[C@@H]3CO[C@H]4[C@@H]3OC[C@@H]4OC(C)=O)cc2)cc1. The molecule has 216 valence electrons. The lowest BCUT2D eigenvalue weighted by atomic mass is 10.1. The van der Waals surface area contributed by atoms with Crippen molar-refractivity contribution < 1.29 is 61.9 Å². The molecule has 2 fully saturated rings. The molecule has 4 atom stereocenters. The Hall–Kier alpha value is -4.75. The van der Waals surface area contributed by atoms with E-state index in [-0.39, 0.29) is 49.1 Å². The van der Waals surface area contributed by atoms with Crippen LogP contribution in [0.5, 0.6) is 11.5 Å². The normalized spacial score (nSPS) is 20.7. The van der Waals surface area contributed by atoms with Gasteiger partial charge in [0.25, 0.3) is 0 Å². The monoisotopic (exact) mass is 570 g/mol. The third-order valence-electron chi connectivity index (χ3n) is 5.84. The average molecular weight is 571 g/mol. The molecule has 0 spiro atoms. The Morgan fingerprint density at radius 1 is 0.756 bits per heavy atom. The number of carbonyl (C=O) groups is 5. The van der Waals surface area contributed by atoms with Crippen molar-refractivity contribution in [3.05, 3.63) is 72.3 Å². The van der Waals surface area contributed by atoms with Crippen molar-refractivity contribution in [2.45, 2.75) is 31.3 Å². The maximum Gasteiger partial charge on any atom is 0.513 e. The first-order valence-electron chi connectivity index (χ1n) is 12.4. The molecule has 13 heteroatoms. The van der Waals surface area contributed by atoms with Gasteiger partial charge in [-0.05, 0) is 48.5 Å². The predicted octanol–water partition coefficient (Wildman–Crippen LogP) is 2.41. The van der Waals surface area contributed by atoms with Crippen molar-refractivity contribution >= 4 is 30.0 Å². The first-order chi connectivity index (χ1) is 19.7. The number of hydrogen-bond acceptors (Lipinski definition) is 13. The van der Waals surface area contributed by atoms with E-state index in [1.165, 1.54) is 55.5 Å². The highest BCUT2D eigenvalue weighted by molar-refractivity contribution is 5.92. The Balaban J connectivity index is 1.22.